The summed E-state index contributed by atoms with van der Waals surface area (Å²) in [5.74, 6) is -0.481. The molecule has 0 aromatic rings. The highest BCUT2D eigenvalue weighted by atomic mass is 32.2. The van der Waals surface area contributed by atoms with Crippen molar-refractivity contribution in [1.82, 2.24) is 4.90 Å². The second-order valence-electron chi connectivity index (χ2n) is 2.72. The molecule has 0 heterocycles. The molecule has 0 aromatic carbocycles. The van der Waals surface area contributed by atoms with Crippen LogP contribution < -0.4 is 5.73 Å². The van der Waals surface area contributed by atoms with Crippen LogP contribution in [-0.2, 0) is 20.3 Å². The Morgan fingerprint density at radius 3 is 1.88 bits per heavy atom. The number of amides is 1. The zero-order valence-electron chi connectivity index (χ0n) is 10.0. The van der Waals surface area contributed by atoms with Crippen molar-refractivity contribution in [2.75, 3.05) is 21.1 Å². The van der Waals surface area contributed by atoms with E-state index in [1.54, 1.807) is 6.92 Å². The lowest BCUT2D eigenvalue weighted by Gasteiger charge is -1.98. The van der Waals surface area contributed by atoms with Crippen molar-refractivity contribution in [2.45, 2.75) is 6.92 Å². The van der Waals surface area contributed by atoms with E-state index in [9.17, 15) is 13.6 Å². The minimum atomic E-state index is -2.40. The predicted molar refractivity (Wildman–Crippen MR) is 63.8 cm³/mol. The van der Waals surface area contributed by atoms with E-state index in [4.69, 9.17) is 0 Å². The summed E-state index contributed by atoms with van der Waals surface area (Å²) in [7, 11) is 6.00. The third-order valence-corrected chi connectivity index (χ3v) is 0.740. The van der Waals surface area contributed by atoms with E-state index < -0.39 is 17.3 Å². The zero-order valence-corrected chi connectivity index (χ0v) is 10.8. The number of primary amides is 1. The first-order chi connectivity index (χ1) is 7.27. The minimum Gasteiger partial charge on any atom is -0.740 e. The summed E-state index contributed by atoms with van der Waals surface area (Å²) >= 11 is -2.40. The molecule has 1 unspecified atom stereocenters. The zero-order chi connectivity index (χ0) is 13.6. The summed E-state index contributed by atoms with van der Waals surface area (Å²) in [5, 5.41) is 0. The van der Waals surface area contributed by atoms with Gasteiger partial charge in [-0.15, -0.1) is 0 Å². The van der Waals surface area contributed by atoms with Gasteiger partial charge in [0.15, 0.2) is 0 Å². The van der Waals surface area contributed by atoms with Gasteiger partial charge in [0.2, 0.25) is 5.91 Å². The molecule has 0 saturated heterocycles. The Balaban J connectivity index is -0.000000166. The van der Waals surface area contributed by atoms with Crippen LogP contribution in [0.15, 0.2) is 25.0 Å². The summed E-state index contributed by atoms with van der Waals surface area (Å²) in [4.78, 5) is 11.5. The van der Waals surface area contributed by atoms with Gasteiger partial charge in [-0.3, -0.25) is 4.79 Å². The Labute approximate surface area is 99.3 Å². The summed E-state index contributed by atoms with van der Waals surface area (Å²) in [5.41, 5.74) is 4.53. The highest BCUT2D eigenvalue weighted by Gasteiger charge is 1.69. The van der Waals surface area contributed by atoms with Crippen molar-refractivity contribution in [3.63, 3.8) is 0 Å². The van der Waals surface area contributed by atoms with Crippen LogP contribution in [0.25, 0.3) is 0 Å². The monoisotopic (exact) mass is 251 g/mol. The first kappa shape index (κ1) is 20.3. The third kappa shape index (κ3) is 77.1. The van der Waals surface area contributed by atoms with Gasteiger partial charge in [-0.2, -0.15) is 0 Å². The molecule has 0 aliphatic heterocycles. The maximum Gasteiger partial charge on any atom is 0.240 e. The number of nitrogens with zero attached hydrogens (tertiary/aromatic N) is 1. The number of hydrogen-bond acceptors (Lipinski definition) is 5. The van der Waals surface area contributed by atoms with Crippen LogP contribution in [-0.4, -0.2) is 40.7 Å². The van der Waals surface area contributed by atoms with Crippen LogP contribution in [0.1, 0.15) is 6.92 Å². The van der Waals surface area contributed by atoms with Crippen LogP contribution in [0.5, 0.6) is 0 Å². The lowest BCUT2D eigenvalue weighted by Crippen LogP contribution is -2.04. The smallest absolute Gasteiger partial charge is 0.240 e. The van der Waals surface area contributed by atoms with Gasteiger partial charge >= 0.3 is 0 Å². The Kier molecular flexibility index (Phi) is 20.6. The minimum absolute atomic E-state index is 0.481. The Hall–Kier alpha value is -1.18. The fourth-order valence-corrected chi connectivity index (χ4v) is 0.303. The van der Waals surface area contributed by atoms with Crippen LogP contribution in [0.3, 0.4) is 0 Å². The molecular formula is C9H19N2O4S-. The van der Waals surface area contributed by atoms with Crippen molar-refractivity contribution in [3.8, 4) is 0 Å². The molecule has 6 nitrogen and oxygen atoms in total. The second kappa shape index (κ2) is 16.3. The average Bonchev–Trinajstić information content (AvgIpc) is 2.14. The summed E-state index contributed by atoms with van der Waals surface area (Å²) in [6, 6.07) is 0. The highest BCUT2D eigenvalue weighted by Crippen LogP contribution is 1.77. The van der Waals surface area contributed by atoms with Crippen molar-refractivity contribution < 1.29 is 17.7 Å². The molecule has 0 spiro atoms. The molecule has 0 aliphatic carbocycles. The molecule has 96 valence electrons. The Morgan fingerprint density at radius 2 is 1.81 bits per heavy atom. The molecule has 0 fully saturated rings. The largest absolute Gasteiger partial charge is 0.740 e. The fourth-order valence-electron chi connectivity index (χ4n) is 0.101. The first-order valence-electron chi connectivity index (χ1n) is 4.18. The first-order valence-corrected chi connectivity index (χ1v) is 5.18. The predicted octanol–water partition coefficient (Wildman–Crippen LogP) is 0.166. The molecule has 0 radical (unpaired) electrons. The Morgan fingerprint density at radius 1 is 1.50 bits per heavy atom. The number of hydrogen-bond donors (Lipinski definition) is 1. The summed E-state index contributed by atoms with van der Waals surface area (Å²) in [6.45, 7) is 4.75. The Bertz CT molecular complexity index is 227. The van der Waals surface area contributed by atoms with Crippen molar-refractivity contribution in [3.05, 3.63) is 25.0 Å². The number of carbonyl (C=O) groups is 1. The lowest BCUT2D eigenvalue weighted by molar-refractivity contribution is -0.113. The lowest BCUT2D eigenvalue weighted by atomic mass is 10.6. The van der Waals surface area contributed by atoms with Gasteiger partial charge in [-0.05, 0) is 34.1 Å². The van der Waals surface area contributed by atoms with E-state index in [2.05, 4.69) is 16.5 Å². The normalized spacial score (nSPS) is 10.6. The average molecular weight is 251 g/mol. The van der Waals surface area contributed by atoms with Crippen molar-refractivity contribution >= 4 is 17.3 Å². The van der Waals surface area contributed by atoms with Crippen LogP contribution in [0.2, 0.25) is 0 Å². The number of nitrogens with two attached hydrogens (primary N) is 1. The van der Waals surface area contributed by atoms with E-state index in [1.165, 1.54) is 6.08 Å². The van der Waals surface area contributed by atoms with Gasteiger partial charge in [0.1, 0.15) is 11.4 Å². The van der Waals surface area contributed by atoms with Gasteiger partial charge in [0.05, 0.1) is 6.26 Å². The molecule has 2 N–H and O–H groups in total. The van der Waals surface area contributed by atoms with Crippen LogP contribution in [0, 0.1) is 0 Å². The van der Waals surface area contributed by atoms with E-state index in [1.807, 2.05) is 26.0 Å². The van der Waals surface area contributed by atoms with Crippen LogP contribution in [0.4, 0.5) is 0 Å². The molecule has 1 atom stereocenters. The van der Waals surface area contributed by atoms with E-state index >= 15 is 0 Å². The molecule has 0 aliphatic rings. The summed E-state index contributed by atoms with van der Waals surface area (Å²) < 4.78 is 22.9. The quantitative estimate of drug-likeness (QED) is 0.438. The molecule has 0 aromatic heterocycles. The van der Waals surface area contributed by atoms with Crippen molar-refractivity contribution in [2.24, 2.45) is 5.73 Å². The maximum atomic E-state index is 9.48. The van der Waals surface area contributed by atoms with Gasteiger partial charge in [-0.25, -0.2) is 4.21 Å². The number of carbonyl (C=O) groups excluding carboxylic acids is 1. The molecule has 16 heavy (non-hydrogen) atoms. The highest BCUT2D eigenvalue weighted by molar-refractivity contribution is 7.74. The maximum absolute atomic E-state index is 9.48. The molecule has 1 amide bonds. The molecular weight excluding hydrogens is 232 g/mol. The number of allylic oxidation sites excluding steroid dienone is 1. The standard InChI is InChI=1S/C3H5NO.C3H9N.C3H6O3S/c1-2-3(4)5;1-4(2)3;1-2-3-6-7(4)5/h2H,1H2,(H2,4,5);1-3H3;2-3H,1H3,(H,4,5)/p-1. The molecule has 0 saturated carbocycles. The van der Waals surface area contributed by atoms with Gasteiger partial charge in [0.25, 0.3) is 0 Å². The topological polar surface area (TPSA) is 95.7 Å². The van der Waals surface area contributed by atoms with Crippen molar-refractivity contribution in [1.29, 1.82) is 0 Å². The van der Waals surface area contributed by atoms with Gasteiger partial charge in [0, 0.05) is 0 Å². The van der Waals surface area contributed by atoms with Crippen LogP contribution >= 0.6 is 0 Å². The summed E-state index contributed by atoms with van der Waals surface area (Å²) in [6.07, 6.45) is 3.62. The fraction of sp³-hybridized carbons (Fsp3) is 0.444. The molecule has 0 bridgehead atoms. The van der Waals surface area contributed by atoms with E-state index in [-0.39, 0.29) is 0 Å². The van der Waals surface area contributed by atoms with Gasteiger partial charge in [-0.1, -0.05) is 12.7 Å². The second-order valence-corrected chi connectivity index (χ2v) is 3.32. The molecule has 0 rings (SSSR count). The van der Waals surface area contributed by atoms with Gasteiger partial charge < -0.3 is 19.4 Å². The van der Waals surface area contributed by atoms with E-state index in [0.29, 0.717) is 0 Å². The SMILES string of the molecule is C=CC(N)=O.CC=COS(=O)[O-].CN(C)C. The third-order valence-electron chi connectivity index (χ3n) is 0.471. The molecule has 7 heteroatoms. The number of rotatable bonds is 3. The van der Waals surface area contributed by atoms with E-state index in [0.717, 1.165) is 12.3 Å².